The molecule has 1 saturated heterocycles. The second kappa shape index (κ2) is 8.33. The van der Waals surface area contributed by atoms with Gasteiger partial charge in [0.2, 0.25) is 0 Å². The van der Waals surface area contributed by atoms with Crippen LogP contribution in [-0.2, 0) is 28.6 Å². The molecule has 0 aromatic carbocycles. The zero-order chi connectivity index (χ0) is 22.2. The van der Waals surface area contributed by atoms with Gasteiger partial charge in [0.15, 0.2) is 17.4 Å². The van der Waals surface area contributed by atoms with Crippen molar-refractivity contribution in [2.24, 2.45) is 10.8 Å². The first-order chi connectivity index (χ1) is 14.0. The number of rotatable bonds is 8. The maximum atomic E-state index is 12.6. The smallest absolute Gasteiger partial charge is 0.181 e. The van der Waals surface area contributed by atoms with E-state index in [-0.39, 0.29) is 41.7 Å². The van der Waals surface area contributed by atoms with E-state index in [1.165, 1.54) is 12.2 Å². The minimum absolute atomic E-state index is 0.00653. The second-order valence-electron chi connectivity index (χ2n) is 9.67. The summed E-state index contributed by atoms with van der Waals surface area (Å²) in [5, 5.41) is 0. The summed E-state index contributed by atoms with van der Waals surface area (Å²) in [5.74, 6) is -0.931. The van der Waals surface area contributed by atoms with Crippen LogP contribution in [0.2, 0.25) is 0 Å². The number of Topliss-reactive ketones (excluding diaryl/α,β-unsaturated/α-hetero) is 1. The van der Waals surface area contributed by atoms with Gasteiger partial charge in [0.25, 0.3) is 0 Å². The minimum Gasteiger partial charge on any atom is -0.381 e. The molecule has 1 fully saturated rings. The Morgan fingerprint density at radius 1 is 1.10 bits per heavy atom. The molecule has 2 atom stereocenters. The molecule has 2 unspecified atom stereocenters. The molecule has 164 valence electrons. The molecule has 0 bridgehead atoms. The number of methoxy groups -OCH3 is 1. The molecule has 0 radical (unpaired) electrons. The van der Waals surface area contributed by atoms with Gasteiger partial charge in [-0.2, -0.15) is 0 Å². The molecule has 0 aromatic rings. The molecule has 1 heterocycles. The zero-order valence-electron chi connectivity index (χ0n) is 18.6. The predicted molar refractivity (Wildman–Crippen MR) is 112 cm³/mol. The summed E-state index contributed by atoms with van der Waals surface area (Å²) in [6, 6.07) is 0. The number of carbonyl (C=O) groups excluding carboxylic acids is 3. The number of ether oxygens (including phenoxy) is 3. The van der Waals surface area contributed by atoms with E-state index in [4.69, 9.17) is 14.2 Å². The van der Waals surface area contributed by atoms with E-state index in [1.54, 1.807) is 19.3 Å². The van der Waals surface area contributed by atoms with Crippen LogP contribution in [0.25, 0.3) is 0 Å². The summed E-state index contributed by atoms with van der Waals surface area (Å²) in [4.78, 5) is 37.2. The highest BCUT2D eigenvalue weighted by molar-refractivity contribution is 6.13. The highest BCUT2D eigenvalue weighted by Crippen LogP contribution is 2.42. The number of carbonyl (C=O) groups is 3. The van der Waals surface area contributed by atoms with Gasteiger partial charge in [-0.1, -0.05) is 26.0 Å². The highest BCUT2D eigenvalue weighted by Gasteiger charge is 2.41. The van der Waals surface area contributed by atoms with Crippen LogP contribution >= 0.6 is 0 Å². The molecule has 0 saturated carbocycles. The average molecular weight is 417 g/mol. The molecular weight excluding hydrogens is 384 g/mol. The summed E-state index contributed by atoms with van der Waals surface area (Å²) < 4.78 is 17.4. The van der Waals surface area contributed by atoms with Crippen LogP contribution < -0.4 is 0 Å². The van der Waals surface area contributed by atoms with E-state index in [2.05, 4.69) is 13.8 Å². The Morgan fingerprint density at radius 3 is 2.40 bits per heavy atom. The first kappa shape index (κ1) is 22.8. The lowest BCUT2D eigenvalue weighted by Gasteiger charge is -2.42. The second-order valence-corrected chi connectivity index (χ2v) is 9.67. The van der Waals surface area contributed by atoms with E-state index in [1.807, 2.05) is 13.8 Å². The van der Waals surface area contributed by atoms with Crippen molar-refractivity contribution in [2.75, 3.05) is 20.3 Å². The van der Waals surface area contributed by atoms with Crippen molar-refractivity contribution in [3.8, 4) is 0 Å². The fourth-order valence-corrected chi connectivity index (χ4v) is 4.13. The Balaban J connectivity index is 1.58. The third kappa shape index (κ3) is 4.71. The molecule has 30 heavy (non-hydrogen) atoms. The minimum atomic E-state index is -0.778. The molecule has 1 aliphatic heterocycles. The van der Waals surface area contributed by atoms with Crippen molar-refractivity contribution in [2.45, 2.75) is 65.3 Å². The van der Waals surface area contributed by atoms with E-state index in [0.717, 1.165) is 5.57 Å². The monoisotopic (exact) mass is 416 g/mol. The number of allylic oxidation sites excluding steroid dienone is 6. The van der Waals surface area contributed by atoms with Crippen LogP contribution in [0.5, 0.6) is 0 Å². The van der Waals surface area contributed by atoms with Gasteiger partial charge in [-0.25, -0.2) is 0 Å². The van der Waals surface area contributed by atoms with Gasteiger partial charge in [-0.05, 0) is 38.0 Å². The van der Waals surface area contributed by atoms with E-state index < -0.39 is 11.2 Å². The van der Waals surface area contributed by atoms with Gasteiger partial charge >= 0.3 is 0 Å². The summed E-state index contributed by atoms with van der Waals surface area (Å²) in [7, 11) is 1.58. The number of hydrogen-bond donors (Lipinski definition) is 0. The first-order valence-corrected chi connectivity index (χ1v) is 10.5. The summed E-state index contributed by atoms with van der Waals surface area (Å²) >= 11 is 0. The Labute approximate surface area is 178 Å². The molecule has 0 amide bonds. The number of hydrogen-bond acceptors (Lipinski definition) is 6. The quantitative estimate of drug-likeness (QED) is 0.603. The Hall–Kier alpha value is -1.89. The van der Waals surface area contributed by atoms with Crippen LogP contribution in [0.1, 0.15) is 53.4 Å². The van der Waals surface area contributed by atoms with Crippen molar-refractivity contribution >= 4 is 17.3 Å². The lowest BCUT2D eigenvalue weighted by atomic mass is 9.75. The average Bonchev–Trinajstić information content (AvgIpc) is 2.99. The normalized spacial score (nSPS) is 28.0. The SMILES string of the molecule is COC(CC(=O)CCC1=C2C=CC(=O)C2(C)C=CC1=O)CC1(C)OCC(C)(C)CO1. The van der Waals surface area contributed by atoms with Crippen LogP contribution in [0.3, 0.4) is 0 Å². The molecule has 2 aliphatic carbocycles. The summed E-state index contributed by atoms with van der Waals surface area (Å²) in [5.41, 5.74) is 0.463. The lowest BCUT2D eigenvalue weighted by molar-refractivity contribution is -0.299. The van der Waals surface area contributed by atoms with Gasteiger partial charge in [-0.3, -0.25) is 14.4 Å². The van der Waals surface area contributed by atoms with Crippen molar-refractivity contribution < 1.29 is 28.6 Å². The Morgan fingerprint density at radius 2 is 1.77 bits per heavy atom. The molecule has 3 rings (SSSR count). The summed E-state index contributed by atoms with van der Waals surface area (Å²) in [6.07, 6.45) is 7.21. The van der Waals surface area contributed by atoms with E-state index >= 15 is 0 Å². The van der Waals surface area contributed by atoms with Crippen molar-refractivity contribution in [3.63, 3.8) is 0 Å². The Bertz CT molecular complexity index is 821. The third-order valence-electron chi connectivity index (χ3n) is 6.24. The zero-order valence-corrected chi connectivity index (χ0v) is 18.6. The maximum Gasteiger partial charge on any atom is 0.181 e. The number of fused-ring (bicyclic) bond motifs is 1. The van der Waals surface area contributed by atoms with Crippen molar-refractivity contribution in [1.29, 1.82) is 0 Å². The fourth-order valence-electron chi connectivity index (χ4n) is 4.13. The van der Waals surface area contributed by atoms with Gasteiger partial charge in [-0.15, -0.1) is 0 Å². The highest BCUT2D eigenvalue weighted by atomic mass is 16.7. The van der Waals surface area contributed by atoms with Crippen LogP contribution in [0.4, 0.5) is 0 Å². The molecular formula is C24H32O6. The van der Waals surface area contributed by atoms with Crippen LogP contribution in [0, 0.1) is 10.8 Å². The number of ketones is 3. The molecule has 0 spiro atoms. The van der Waals surface area contributed by atoms with Gasteiger partial charge in [0.05, 0.1) is 24.7 Å². The lowest BCUT2D eigenvalue weighted by Crippen LogP contribution is -2.47. The molecule has 6 nitrogen and oxygen atoms in total. The first-order valence-electron chi connectivity index (χ1n) is 10.5. The van der Waals surface area contributed by atoms with Gasteiger partial charge in [0.1, 0.15) is 5.78 Å². The topological polar surface area (TPSA) is 78.9 Å². The molecule has 0 aromatic heterocycles. The van der Waals surface area contributed by atoms with Gasteiger partial charge in [0, 0.05) is 37.4 Å². The van der Waals surface area contributed by atoms with E-state index in [0.29, 0.717) is 31.6 Å². The molecule has 3 aliphatic rings. The van der Waals surface area contributed by atoms with Crippen molar-refractivity contribution in [3.05, 3.63) is 35.5 Å². The maximum absolute atomic E-state index is 12.6. The standard InChI is InChI=1S/C24H32O6/c1-22(2)14-29-24(4,30-15-22)13-17(28-5)12-16(25)6-7-18-19-8-9-21(27)23(19,3)11-10-20(18)26/h8-11,17H,6-7,12-15H2,1-5H3. The van der Waals surface area contributed by atoms with Crippen molar-refractivity contribution in [1.82, 2.24) is 0 Å². The summed E-state index contributed by atoms with van der Waals surface area (Å²) in [6.45, 7) is 9.03. The largest absolute Gasteiger partial charge is 0.381 e. The van der Waals surface area contributed by atoms with Crippen LogP contribution in [-0.4, -0.2) is 49.6 Å². The van der Waals surface area contributed by atoms with Gasteiger partial charge < -0.3 is 14.2 Å². The van der Waals surface area contributed by atoms with E-state index in [9.17, 15) is 14.4 Å². The van der Waals surface area contributed by atoms with Crippen LogP contribution in [0.15, 0.2) is 35.5 Å². The fraction of sp³-hybridized carbons (Fsp3) is 0.625. The predicted octanol–water partition coefficient (Wildman–Crippen LogP) is 3.50. The Kier molecular flexibility index (Phi) is 6.33. The molecule has 6 heteroatoms. The third-order valence-corrected chi connectivity index (χ3v) is 6.24. The molecule has 0 N–H and O–H groups in total.